The molecule has 0 bridgehead atoms. The highest BCUT2D eigenvalue weighted by Gasteiger charge is 1.99. The van der Waals surface area contributed by atoms with E-state index in [1.165, 1.54) is 16.7 Å². The van der Waals surface area contributed by atoms with Gasteiger partial charge in [0.1, 0.15) is 5.75 Å². The van der Waals surface area contributed by atoms with Gasteiger partial charge in [-0.05, 0) is 35.7 Å². The number of benzene rings is 3. The van der Waals surface area contributed by atoms with E-state index < -0.39 is 0 Å². The molecule has 3 aromatic rings. The highest BCUT2D eigenvalue weighted by atomic mass is 16.5. The van der Waals surface area contributed by atoms with E-state index in [9.17, 15) is 0 Å². The predicted molar refractivity (Wildman–Crippen MR) is 96.8 cm³/mol. The van der Waals surface area contributed by atoms with E-state index in [1.807, 2.05) is 31.2 Å². The van der Waals surface area contributed by atoms with E-state index in [0.29, 0.717) is 6.61 Å². The summed E-state index contributed by atoms with van der Waals surface area (Å²) in [4.78, 5) is 0. The first kappa shape index (κ1) is 15.2. The average Bonchev–Trinajstić information content (AvgIpc) is 2.62. The van der Waals surface area contributed by atoms with Crippen LogP contribution in [-0.2, 0) is 6.54 Å². The van der Waals surface area contributed by atoms with Crippen LogP contribution < -0.4 is 10.1 Å². The molecule has 1 N–H and O–H groups in total. The maximum Gasteiger partial charge on any atom is 0.121 e. The third kappa shape index (κ3) is 4.13. The Morgan fingerprint density at radius 3 is 2.26 bits per heavy atom. The van der Waals surface area contributed by atoms with Crippen LogP contribution in [0.1, 0.15) is 12.5 Å². The van der Waals surface area contributed by atoms with Gasteiger partial charge in [-0.25, -0.2) is 0 Å². The lowest BCUT2D eigenvalue weighted by Gasteiger charge is -2.09. The van der Waals surface area contributed by atoms with Crippen molar-refractivity contribution >= 4 is 5.69 Å². The van der Waals surface area contributed by atoms with Crippen LogP contribution in [0.4, 0.5) is 5.69 Å². The Morgan fingerprint density at radius 2 is 1.52 bits per heavy atom. The van der Waals surface area contributed by atoms with Crippen LogP contribution in [0.15, 0.2) is 78.9 Å². The van der Waals surface area contributed by atoms with Crippen LogP contribution in [0, 0.1) is 0 Å². The van der Waals surface area contributed by atoms with Gasteiger partial charge in [0.05, 0.1) is 6.61 Å². The lowest BCUT2D eigenvalue weighted by atomic mass is 10.0. The Labute approximate surface area is 137 Å². The summed E-state index contributed by atoms with van der Waals surface area (Å²) < 4.78 is 5.52. The van der Waals surface area contributed by atoms with Crippen LogP contribution in [0.5, 0.6) is 5.75 Å². The van der Waals surface area contributed by atoms with Gasteiger partial charge in [0, 0.05) is 18.3 Å². The third-order valence-electron chi connectivity index (χ3n) is 3.70. The summed E-state index contributed by atoms with van der Waals surface area (Å²) in [5.74, 6) is 0.900. The highest BCUT2D eigenvalue weighted by Crippen LogP contribution is 2.21. The van der Waals surface area contributed by atoms with Crippen molar-refractivity contribution in [1.29, 1.82) is 0 Å². The van der Waals surface area contributed by atoms with Gasteiger partial charge in [-0.3, -0.25) is 0 Å². The Morgan fingerprint density at radius 1 is 0.783 bits per heavy atom. The molecule has 0 spiro atoms. The quantitative estimate of drug-likeness (QED) is 0.661. The molecule has 3 aromatic carbocycles. The van der Waals surface area contributed by atoms with Crippen molar-refractivity contribution in [1.82, 2.24) is 0 Å². The van der Waals surface area contributed by atoms with Gasteiger partial charge >= 0.3 is 0 Å². The lowest BCUT2D eigenvalue weighted by molar-refractivity contribution is 0.340. The molecule has 2 heteroatoms. The molecular weight excluding hydrogens is 282 g/mol. The van der Waals surface area contributed by atoms with Crippen LogP contribution in [0.2, 0.25) is 0 Å². The van der Waals surface area contributed by atoms with Gasteiger partial charge in [0.15, 0.2) is 0 Å². The van der Waals surface area contributed by atoms with Crippen molar-refractivity contribution in [3.8, 4) is 16.9 Å². The summed E-state index contributed by atoms with van der Waals surface area (Å²) in [6, 6.07) is 27.2. The first-order valence-electron chi connectivity index (χ1n) is 7.96. The van der Waals surface area contributed by atoms with E-state index in [-0.39, 0.29) is 0 Å². The minimum Gasteiger partial charge on any atom is -0.494 e. The van der Waals surface area contributed by atoms with Crippen molar-refractivity contribution in [2.45, 2.75) is 13.5 Å². The Balaban J connectivity index is 1.64. The number of nitrogens with one attached hydrogen (secondary N) is 1. The van der Waals surface area contributed by atoms with Gasteiger partial charge < -0.3 is 10.1 Å². The van der Waals surface area contributed by atoms with Gasteiger partial charge in [0.25, 0.3) is 0 Å². The maximum atomic E-state index is 5.52. The summed E-state index contributed by atoms with van der Waals surface area (Å²) in [6.07, 6.45) is 0. The van der Waals surface area contributed by atoms with Crippen molar-refractivity contribution in [2.75, 3.05) is 11.9 Å². The predicted octanol–water partition coefficient (Wildman–Crippen LogP) is 5.36. The van der Waals surface area contributed by atoms with Crippen molar-refractivity contribution < 1.29 is 4.74 Å². The van der Waals surface area contributed by atoms with Crippen molar-refractivity contribution in [3.05, 3.63) is 84.4 Å². The molecule has 116 valence electrons. The molecule has 0 heterocycles. The minimum absolute atomic E-state index is 0.685. The number of hydrogen-bond acceptors (Lipinski definition) is 2. The summed E-state index contributed by atoms with van der Waals surface area (Å²) >= 11 is 0. The summed E-state index contributed by atoms with van der Waals surface area (Å²) in [7, 11) is 0. The Hall–Kier alpha value is -2.74. The molecule has 2 nitrogen and oxygen atoms in total. The number of anilines is 1. The summed E-state index contributed by atoms with van der Waals surface area (Å²) in [5, 5.41) is 3.44. The molecule has 0 unspecified atom stereocenters. The monoisotopic (exact) mass is 303 g/mol. The van der Waals surface area contributed by atoms with Crippen molar-refractivity contribution in [3.63, 3.8) is 0 Å². The largest absolute Gasteiger partial charge is 0.494 e. The lowest BCUT2D eigenvalue weighted by Crippen LogP contribution is -2.00. The molecular formula is C21H21NO. The molecule has 0 aliphatic heterocycles. The van der Waals surface area contributed by atoms with Crippen LogP contribution in [-0.4, -0.2) is 6.61 Å². The fourth-order valence-corrected chi connectivity index (χ4v) is 2.51. The van der Waals surface area contributed by atoms with Crippen LogP contribution >= 0.6 is 0 Å². The molecule has 0 aliphatic rings. The minimum atomic E-state index is 0.685. The van der Waals surface area contributed by atoms with E-state index in [1.54, 1.807) is 0 Å². The Bertz CT molecular complexity index is 735. The average molecular weight is 303 g/mol. The maximum absolute atomic E-state index is 5.52. The molecule has 3 rings (SSSR count). The number of ether oxygens (including phenoxy) is 1. The molecule has 0 saturated carbocycles. The zero-order valence-electron chi connectivity index (χ0n) is 13.3. The second kappa shape index (κ2) is 7.50. The summed E-state index contributed by atoms with van der Waals surface area (Å²) in [6.45, 7) is 3.48. The fourth-order valence-electron chi connectivity index (χ4n) is 2.51. The second-order valence-corrected chi connectivity index (χ2v) is 5.38. The molecule has 0 saturated heterocycles. The van der Waals surface area contributed by atoms with Crippen LogP contribution in [0.25, 0.3) is 11.1 Å². The van der Waals surface area contributed by atoms with E-state index in [4.69, 9.17) is 4.74 Å². The third-order valence-corrected chi connectivity index (χ3v) is 3.70. The zero-order chi connectivity index (χ0) is 15.9. The number of rotatable bonds is 6. The molecule has 23 heavy (non-hydrogen) atoms. The standard InChI is InChI=1S/C21H21NO/c1-2-23-21-10-6-9-20(15-21)22-16-17-11-13-19(14-12-17)18-7-4-3-5-8-18/h3-15,22H,2,16H2,1H3. The van der Waals surface area contributed by atoms with E-state index in [0.717, 1.165) is 18.0 Å². The highest BCUT2D eigenvalue weighted by molar-refractivity contribution is 5.63. The smallest absolute Gasteiger partial charge is 0.121 e. The summed E-state index contributed by atoms with van der Waals surface area (Å²) in [5.41, 5.74) is 4.82. The fraction of sp³-hybridized carbons (Fsp3) is 0.143. The van der Waals surface area contributed by atoms with Gasteiger partial charge in [0.2, 0.25) is 0 Å². The molecule has 0 fully saturated rings. The van der Waals surface area contributed by atoms with Gasteiger partial charge in [-0.15, -0.1) is 0 Å². The topological polar surface area (TPSA) is 21.3 Å². The van der Waals surface area contributed by atoms with E-state index in [2.05, 4.69) is 59.9 Å². The van der Waals surface area contributed by atoms with Crippen LogP contribution in [0.3, 0.4) is 0 Å². The van der Waals surface area contributed by atoms with E-state index >= 15 is 0 Å². The Kier molecular flexibility index (Phi) is 4.95. The first-order chi connectivity index (χ1) is 11.3. The molecule has 0 amide bonds. The molecule has 0 aromatic heterocycles. The zero-order valence-corrected chi connectivity index (χ0v) is 13.3. The van der Waals surface area contributed by atoms with Gasteiger partial charge in [-0.1, -0.05) is 60.7 Å². The number of hydrogen-bond donors (Lipinski definition) is 1. The first-order valence-corrected chi connectivity index (χ1v) is 7.96. The van der Waals surface area contributed by atoms with Gasteiger partial charge in [-0.2, -0.15) is 0 Å². The molecule has 0 aliphatic carbocycles. The second-order valence-electron chi connectivity index (χ2n) is 5.38. The molecule has 0 radical (unpaired) electrons. The normalized spacial score (nSPS) is 10.3. The molecule has 0 atom stereocenters. The van der Waals surface area contributed by atoms with Crippen molar-refractivity contribution in [2.24, 2.45) is 0 Å². The SMILES string of the molecule is CCOc1cccc(NCc2ccc(-c3ccccc3)cc2)c1.